The first-order chi connectivity index (χ1) is 11.7. The van der Waals surface area contributed by atoms with Gasteiger partial charge in [-0.25, -0.2) is 4.79 Å². The fraction of sp³-hybridized carbons (Fsp3) is 0.632. The summed E-state index contributed by atoms with van der Waals surface area (Å²) in [5, 5.41) is 3.06. The smallest absolute Gasteiger partial charge is 0.317 e. The summed E-state index contributed by atoms with van der Waals surface area (Å²) >= 11 is 0. The van der Waals surface area contributed by atoms with E-state index in [9.17, 15) is 4.79 Å². The van der Waals surface area contributed by atoms with Gasteiger partial charge in [-0.3, -0.25) is 0 Å². The second-order valence-corrected chi connectivity index (χ2v) is 6.87. The van der Waals surface area contributed by atoms with Crippen LogP contribution in [0.2, 0.25) is 0 Å². The second-order valence-electron chi connectivity index (χ2n) is 6.87. The molecule has 0 bridgehead atoms. The van der Waals surface area contributed by atoms with Crippen LogP contribution >= 0.6 is 0 Å². The van der Waals surface area contributed by atoms with Gasteiger partial charge < -0.3 is 19.7 Å². The number of carbonyl (C=O) groups excluding carboxylic acids is 1. The van der Waals surface area contributed by atoms with Crippen LogP contribution in [0.3, 0.4) is 0 Å². The van der Waals surface area contributed by atoms with Crippen LogP contribution in [0, 0.1) is 5.41 Å². The Labute approximate surface area is 144 Å². The lowest BCUT2D eigenvalue weighted by Crippen LogP contribution is -2.49. The first-order valence-electron chi connectivity index (χ1n) is 8.99. The van der Waals surface area contributed by atoms with E-state index in [1.807, 2.05) is 42.2 Å². The van der Waals surface area contributed by atoms with Crippen molar-refractivity contribution in [2.24, 2.45) is 5.41 Å². The highest BCUT2D eigenvalue weighted by Gasteiger charge is 2.41. The van der Waals surface area contributed by atoms with Crippen LogP contribution in [0.25, 0.3) is 0 Å². The molecule has 1 aliphatic carbocycles. The average molecular weight is 332 g/mol. The molecular formula is C19H28N2O3. The maximum Gasteiger partial charge on any atom is 0.317 e. The first kappa shape index (κ1) is 17.2. The maximum absolute atomic E-state index is 12.6. The van der Waals surface area contributed by atoms with Crippen LogP contribution in [0.4, 0.5) is 4.79 Å². The molecule has 1 saturated carbocycles. The van der Waals surface area contributed by atoms with Crippen molar-refractivity contribution in [1.82, 2.24) is 10.2 Å². The molecule has 1 aliphatic heterocycles. The van der Waals surface area contributed by atoms with E-state index in [-0.39, 0.29) is 17.6 Å². The van der Waals surface area contributed by atoms with E-state index >= 15 is 0 Å². The van der Waals surface area contributed by atoms with E-state index in [1.165, 1.54) is 19.3 Å². The highest BCUT2D eigenvalue weighted by molar-refractivity contribution is 5.74. The number of hydrogen-bond donors (Lipinski definition) is 1. The molecule has 1 saturated heterocycles. The number of nitrogens with zero attached hydrogens (tertiary/aromatic N) is 1. The van der Waals surface area contributed by atoms with Crippen molar-refractivity contribution >= 4 is 6.03 Å². The molecule has 1 unspecified atom stereocenters. The van der Waals surface area contributed by atoms with Gasteiger partial charge in [-0.05, 0) is 25.3 Å². The molecule has 132 valence electrons. The minimum atomic E-state index is -0.110. The van der Waals surface area contributed by atoms with Crippen molar-refractivity contribution in [2.75, 3.05) is 39.5 Å². The van der Waals surface area contributed by atoms with E-state index in [2.05, 4.69) is 5.32 Å². The molecule has 0 radical (unpaired) electrons. The molecule has 1 N–H and O–H groups in total. The molecule has 2 amide bonds. The zero-order chi connectivity index (χ0) is 16.8. The van der Waals surface area contributed by atoms with E-state index in [0.717, 1.165) is 18.7 Å². The van der Waals surface area contributed by atoms with Crippen LogP contribution in [0.15, 0.2) is 30.3 Å². The van der Waals surface area contributed by atoms with E-state index in [1.54, 1.807) is 0 Å². The van der Waals surface area contributed by atoms with Crippen molar-refractivity contribution < 1.29 is 14.3 Å². The van der Waals surface area contributed by atoms with Crippen LogP contribution in [-0.4, -0.2) is 50.4 Å². The van der Waals surface area contributed by atoms with Crippen LogP contribution in [0.1, 0.15) is 37.9 Å². The fourth-order valence-corrected chi connectivity index (χ4v) is 3.58. The minimum Gasteiger partial charge on any atom is -0.379 e. The standard InChI is InChI=1S/C19H28N2O3/c1-2-24-17(16-7-4-3-5-8-16)13-20-18(22)21-11-12-23-15-19(14-21)9-6-10-19/h3-5,7-8,17H,2,6,9-15H2,1H3,(H,20,22). The zero-order valence-electron chi connectivity index (χ0n) is 14.5. The molecule has 1 aromatic carbocycles. The van der Waals surface area contributed by atoms with Gasteiger partial charge in [-0.2, -0.15) is 0 Å². The summed E-state index contributed by atoms with van der Waals surface area (Å²) in [4.78, 5) is 14.5. The number of ether oxygens (including phenoxy) is 2. The van der Waals surface area contributed by atoms with Crippen molar-refractivity contribution in [3.05, 3.63) is 35.9 Å². The van der Waals surface area contributed by atoms with Gasteiger partial charge in [0.1, 0.15) is 0 Å². The number of urea groups is 1. The molecule has 2 aliphatic rings. The third-order valence-corrected chi connectivity index (χ3v) is 5.12. The van der Waals surface area contributed by atoms with E-state index in [4.69, 9.17) is 9.47 Å². The summed E-state index contributed by atoms with van der Waals surface area (Å²) in [6.07, 6.45) is 3.48. The Morgan fingerprint density at radius 1 is 1.38 bits per heavy atom. The Hall–Kier alpha value is -1.59. The molecule has 2 fully saturated rings. The van der Waals surface area contributed by atoms with Gasteiger partial charge in [-0.1, -0.05) is 36.8 Å². The second kappa shape index (κ2) is 7.99. The van der Waals surface area contributed by atoms with Crippen LogP contribution in [-0.2, 0) is 9.47 Å². The highest BCUT2D eigenvalue weighted by atomic mass is 16.5. The van der Waals surface area contributed by atoms with Crippen molar-refractivity contribution in [2.45, 2.75) is 32.3 Å². The lowest BCUT2D eigenvalue weighted by Gasteiger charge is -2.42. The van der Waals surface area contributed by atoms with Crippen LogP contribution in [0.5, 0.6) is 0 Å². The number of carbonyl (C=O) groups is 1. The van der Waals surface area contributed by atoms with Gasteiger partial charge in [0.05, 0.1) is 19.3 Å². The van der Waals surface area contributed by atoms with Gasteiger partial charge in [0.2, 0.25) is 0 Å². The summed E-state index contributed by atoms with van der Waals surface area (Å²) in [6, 6.07) is 10.0. The molecule has 5 heteroatoms. The molecule has 5 nitrogen and oxygen atoms in total. The number of amides is 2. The van der Waals surface area contributed by atoms with Gasteiger partial charge >= 0.3 is 6.03 Å². The molecule has 1 spiro atoms. The zero-order valence-corrected chi connectivity index (χ0v) is 14.5. The van der Waals surface area contributed by atoms with Crippen LogP contribution < -0.4 is 5.32 Å². The summed E-state index contributed by atoms with van der Waals surface area (Å²) < 4.78 is 11.5. The summed E-state index contributed by atoms with van der Waals surface area (Å²) in [7, 11) is 0. The average Bonchev–Trinajstić information content (AvgIpc) is 2.82. The van der Waals surface area contributed by atoms with Gasteiger partial charge in [0, 0.05) is 31.7 Å². The largest absolute Gasteiger partial charge is 0.379 e. The summed E-state index contributed by atoms with van der Waals surface area (Å²) in [6.45, 7) is 5.98. The lowest BCUT2D eigenvalue weighted by molar-refractivity contribution is 0.0124. The van der Waals surface area contributed by atoms with Gasteiger partial charge in [0.15, 0.2) is 0 Å². The lowest BCUT2D eigenvalue weighted by atomic mass is 9.69. The quantitative estimate of drug-likeness (QED) is 0.902. The Morgan fingerprint density at radius 2 is 2.17 bits per heavy atom. The van der Waals surface area contributed by atoms with Crippen molar-refractivity contribution in [1.29, 1.82) is 0 Å². The molecule has 1 aromatic rings. The van der Waals surface area contributed by atoms with E-state index < -0.39 is 0 Å². The predicted molar refractivity (Wildman–Crippen MR) is 92.9 cm³/mol. The number of nitrogens with one attached hydrogen (secondary N) is 1. The molecule has 3 rings (SSSR count). The fourth-order valence-electron chi connectivity index (χ4n) is 3.58. The minimum absolute atomic E-state index is 0.00703. The molecular weight excluding hydrogens is 304 g/mol. The SMILES string of the molecule is CCOC(CNC(=O)N1CCOCC2(CCC2)C1)c1ccccc1. The first-order valence-corrected chi connectivity index (χ1v) is 8.99. The number of rotatable bonds is 5. The van der Waals surface area contributed by atoms with Crippen molar-refractivity contribution in [3.8, 4) is 0 Å². The normalized spacial score (nSPS) is 21.0. The Balaban J connectivity index is 1.56. The topological polar surface area (TPSA) is 50.8 Å². The summed E-state index contributed by atoms with van der Waals surface area (Å²) in [5.74, 6) is 0. The third kappa shape index (κ3) is 4.08. The molecule has 1 atom stereocenters. The highest BCUT2D eigenvalue weighted by Crippen LogP contribution is 2.42. The van der Waals surface area contributed by atoms with E-state index in [0.29, 0.717) is 26.3 Å². The van der Waals surface area contributed by atoms with Gasteiger partial charge in [0.25, 0.3) is 0 Å². The summed E-state index contributed by atoms with van der Waals surface area (Å²) in [5.41, 5.74) is 1.29. The molecule has 24 heavy (non-hydrogen) atoms. The third-order valence-electron chi connectivity index (χ3n) is 5.12. The number of benzene rings is 1. The maximum atomic E-state index is 12.6. The van der Waals surface area contributed by atoms with Crippen molar-refractivity contribution in [3.63, 3.8) is 0 Å². The Kier molecular flexibility index (Phi) is 5.74. The molecule has 0 aromatic heterocycles. The van der Waals surface area contributed by atoms with Gasteiger partial charge in [-0.15, -0.1) is 0 Å². The monoisotopic (exact) mass is 332 g/mol. The Morgan fingerprint density at radius 3 is 2.83 bits per heavy atom. The predicted octanol–water partition coefficient (Wildman–Crippen LogP) is 2.98. The molecule has 1 heterocycles. The Bertz CT molecular complexity index is 531. The number of hydrogen-bond acceptors (Lipinski definition) is 3.